The number of carbonyl (C=O) groups excluding carboxylic acids is 2. The molecular formula is C12H25N3O2. The van der Waals surface area contributed by atoms with E-state index < -0.39 is 0 Å². The molecule has 0 saturated carbocycles. The molecule has 0 heterocycles. The molecule has 0 bridgehead atoms. The number of hydrogen-bond donors (Lipinski definition) is 2. The van der Waals surface area contributed by atoms with Crippen LogP contribution in [0, 0.1) is 0 Å². The van der Waals surface area contributed by atoms with Gasteiger partial charge in [-0.05, 0) is 34.6 Å². The molecule has 0 aliphatic rings. The van der Waals surface area contributed by atoms with Gasteiger partial charge < -0.3 is 10.2 Å². The molecule has 0 aliphatic heterocycles. The van der Waals surface area contributed by atoms with Crippen molar-refractivity contribution in [2.75, 3.05) is 26.2 Å². The Hall–Kier alpha value is -1.10. The molecule has 5 heteroatoms. The molecule has 0 rings (SSSR count). The summed E-state index contributed by atoms with van der Waals surface area (Å²) in [6, 6.07) is 0. The summed E-state index contributed by atoms with van der Waals surface area (Å²) in [4.78, 5) is 24.8. The van der Waals surface area contributed by atoms with Gasteiger partial charge in [0, 0.05) is 18.6 Å². The van der Waals surface area contributed by atoms with E-state index in [1.165, 1.54) is 0 Å². The molecule has 17 heavy (non-hydrogen) atoms. The van der Waals surface area contributed by atoms with Crippen molar-refractivity contribution in [1.29, 1.82) is 0 Å². The molecule has 0 unspecified atom stereocenters. The van der Waals surface area contributed by atoms with Gasteiger partial charge in [-0.3, -0.25) is 14.9 Å². The quantitative estimate of drug-likeness (QED) is 0.708. The van der Waals surface area contributed by atoms with E-state index in [2.05, 4.69) is 10.6 Å². The SMILES string of the molecule is CCN(CC)C(=O)CNCC(=O)NC(C)(C)C. The van der Waals surface area contributed by atoms with Crippen LogP contribution in [0.15, 0.2) is 0 Å². The van der Waals surface area contributed by atoms with E-state index in [0.29, 0.717) is 13.1 Å². The maximum Gasteiger partial charge on any atom is 0.236 e. The lowest BCUT2D eigenvalue weighted by Crippen LogP contribution is -2.46. The molecule has 2 N–H and O–H groups in total. The Morgan fingerprint density at radius 2 is 1.59 bits per heavy atom. The largest absolute Gasteiger partial charge is 0.350 e. The third-order valence-corrected chi connectivity index (χ3v) is 2.19. The Morgan fingerprint density at radius 3 is 2.00 bits per heavy atom. The number of nitrogens with one attached hydrogen (secondary N) is 2. The highest BCUT2D eigenvalue weighted by molar-refractivity contribution is 5.81. The zero-order chi connectivity index (χ0) is 13.5. The van der Waals surface area contributed by atoms with E-state index in [-0.39, 0.29) is 30.4 Å². The zero-order valence-corrected chi connectivity index (χ0v) is 11.6. The number of nitrogens with zero attached hydrogens (tertiary/aromatic N) is 1. The highest BCUT2D eigenvalue weighted by atomic mass is 16.2. The van der Waals surface area contributed by atoms with Crippen molar-refractivity contribution in [2.24, 2.45) is 0 Å². The van der Waals surface area contributed by atoms with Crippen LogP contribution in [0.1, 0.15) is 34.6 Å². The zero-order valence-electron chi connectivity index (χ0n) is 11.6. The normalized spacial score (nSPS) is 11.1. The van der Waals surface area contributed by atoms with Crippen molar-refractivity contribution >= 4 is 11.8 Å². The maximum absolute atomic E-state index is 11.6. The van der Waals surface area contributed by atoms with E-state index in [1.807, 2.05) is 34.6 Å². The molecule has 0 aliphatic carbocycles. The number of hydrogen-bond acceptors (Lipinski definition) is 3. The molecule has 5 nitrogen and oxygen atoms in total. The van der Waals surface area contributed by atoms with Crippen LogP contribution in [0.4, 0.5) is 0 Å². The smallest absolute Gasteiger partial charge is 0.236 e. The topological polar surface area (TPSA) is 61.4 Å². The number of amides is 2. The second-order valence-electron chi connectivity index (χ2n) is 4.97. The summed E-state index contributed by atoms with van der Waals surface area (Å²) < 4.78 is 0. The lowest BCUT2D eigenvalue weighted by atomic mass is 10.1. The Labute approximate surface area is 104 Å². The lowest BCUT2D eigenvalue weighted by Gasteiger charge is -2.21. The van der Waals surface area contributed by atoms with Gasteiger partial charge in [0.05, 0.1) is 13.1 Å². The van der Waals surface area contributed by atoms with Gasteiger partial charge in [-0.25, -0.2) is 0 Å². The fourth-order valence-corrected chi connectivity index (χ4v) is 1.43. The third kappa shape index (κ3) is 7.74. The van der Waals surface area contributed by atoms with E-state index in [4.69, 9.17) is 0 Å². The van der Waals surface area contributed by atoms with Crippen LogP contribution in [-0.4, -0.2) is 48.4 Å². The second kappa shape index (κ2) is 7.27. The van der Waals surface area contributed by atoms with Gasteiger partial charge in [-0.1, -0.05) is 0 Å². The summed E-state index contributed by atoms with van der Waals surface area (Å²) in [6.45, 7) is 11.4. The van der Waals surface area contributed by atoms with E-state index in [1.54, 1.807) is 4.90 Å². The van der Waals surface area contributed by atoms with E-state index in [0.717, 1.165) is 0 Å². The molecule has 0 saturated heterocycles. The second-order valence-corrected chi connectivity index (χ2v) is 4.97. The van der Waals surface area contributed by atoms with Crippen molar-refractivity contribution in [3.05, 3.63) is 0 Å². The molecule has 0 aromatic heterocycles. The van der Waals surface area contributed by atoms with Crippen LogP contribution >= 0.6 is 0 Å². The Kier molecular flexibility index (Phi) is 6.80. The first-order valence-electron chi connectivity index (χ1n) is 6.09. The van der Waals surface area contributed by atoms with Crippen molar-refractivity contribution in [1.82, 2.24) is 15.5 Å². The summed E-state index contributed by atoms with van der Waals surface area (Å²) in [7, 11) is 0. The summed E-state index contributed by atoms with van der Waals surface area (Å²) in [5.74, 6) is -0.0663. The maximum atomic E-state index is 11.6. The first-order valence-corrected chi connectivity index (χ1v) is 6.09. The minimum Gasteiger partial charge on any atom is -0.350 e. The van der Waals surface area contributed by atoms with E-state index >= 15 is 0 Å². The van der Waals surface area contributed by atoms with Gasteiger partial charge in [-0.15, -0.1) is 0 Å². The third-order valence-electron chi connectivity index (χ3n) is 2.19. The molecule has 0 spiro atoms. The molecule has 0 aromatic carbocycles. The Morgan fingerprint density at radius 1 is 1.06 bits per heavy atom. The molecule has 0 aromatic rings. The lowest BCUT2D eigenvalue weighted by molar-refractivity contribution is -0.129. The molecule has 2 amide bonds. The van der Waals surface area contributed by atoms with Gasteiger partial charge in [0.25, 0.3) is 0 Å². The van der Waals surface area contributed by atoms with Gasteiger partial charge in [0.15, 0.2) is 0 Å². The number of carbonyl (C=O) groups is 2. The molecular weight excluding hydrogens is 218 g/mol. The summed E-state index contributed by atoms with van der Waals surface area (Å²) >= 11 is 0. The summed E-state index contributed by atoms with van der Waals surface area (Å²) in [6.07, 6.45) is 0. The fraction of sp³-hybridized carbons (Fsp3) is 0.833. The standard InChI is InChI=1S/C12H25N3O2/c1-6-15(7-2)11(17)9-13-8-10(16)14-12(3,4)5/h13H,6-9H2,1-5H3,(H,14,16). The van der Waals surface area contributed by atoms with Gasteiger partial charge in [0.2, 0.25) is 11.8 Å². The first kappa shape index (κ1) is 15.9. The minimum atomic E-state index is -0.234. The van der Waals surface area contributed by atoms with Crippen molar-refractivity contribution in [3.63, 3.8) is 0 Å². The van der Waals surface area contributed by atoms with Crippen molar-refractivity contribution < 1.29 is 9.59 Å². The van der Waals surface area contributed by atoms with Crippen LogP contribution in [-0.2, 0) is 9.59 Å². The van der Waals surface area contributed by atoms with Crippen LogP contribution in [0.3, 0.4) is 0 Å². The van der Waals surface area contributed by atoms with Gasteiger partial charge in [0.1, 0.15) is 0 Å². The van der Waals surface area contributed by atoms with Gasteiger partial charge >= 0.3 is 0 Å². The van der Waals surface area contributed by atoms with Crippen LogP contribution < -0.4 is 10.6 Å². The van der Waals surface area contributed by atoms with Crippen molar-refractivity contribution in [2.45, 2.75) is 40.2 Å². The predicted molar refractivity (Wildman–Crippen MR) is 68.7 cm³/mol. The highest BCUT2D eigenvalue weighted by Gasteiger charge is 2.14. The van der Waals surface area contributed by atoms with E-state index in [9.17, 15) is 9.59 Å². The number of rotatable bonds is 6. The molecule has 0 atom stereocenters. The predicted octanol–water partition coefficient (Wildman–Crippen LogP) is 0.359. The summed E-state index contributed by atoms with van der Waals surface area (Å²) in [5.41, 5.74) is -0.234. The van der Waals surface area contributed by atoms with Crippen LogP contribution in [0.25, 0.3) is 0 Å². The number of likely N-dealkylation sites (N-methyl/N-ethyl adjacent to an activating group) is 1. The monoisotopic (exact) mass is 243 g/mol. The van der Waals surface area contributed by atoms with Crippen LogP contribution in [0.5, 0.6) is 0 Å². The molecule has 0 fully saturated rings. The summed E-state index contributed by atoms with van der Waals surface area (Å²) in [5, 5.41) is 5.68. The Balaban J connectivity index is 3.84. The first-order chi connectivity index (χ1) is 7.80. The Bertz CT molecular complexity index is 255. The average molecular weight is 243 g/mol. The highest BCUT2D eigenvalue weighted by Crippen LogP contribution is 1.97. The van der Waals surface area contributed by atoms with Gasteiger partial charge in [-0.2, -0.15) is 0 Å². The van der Waals surface area contributed by atoms with Crippen LogP contribution in [0.2, 0.25) is 0 Å². The molecule has 100 valence electrons. The minimum absolute atomic E-state index is 0.0264. The molecule has 0 radical (unpaired) electrons. The van der Waals surface area contributed by atoms with Crippen molar-refractivity contribution in [3.8, 4) is 0 Å². The fourth-order valence-electron chi connectivity index (χ4n) is 1.43. The average Bonchev–Trinajstić information content (AvgIpc) is 2.16.